The van der Waals surface area contributed by atoms with Gasteiger partial charge >= 0.3 is 0 Å². The maximum absolute atomic E-state index is 5.60. The standard InChI is InChI=1S/C12H18BrNO/c1-14(10-8-13)9-5-11-15-12-6-3-2-4-7-12/h2-4,6-7H,5,8-11H2,1H3. The number of hydrogen-bond donors (Lipinski definition) is 0. The van der Waals surface area contributed by atoms with Crippen LogP contribution >= 0.6 is 15.9 Å². The Morgan fingerprint density at radius 2 is 1.93 bits per heavy atom. The second-order valence-electron chi connectivity index (χ2n) is 3.51. The molecule has 0 spiro atoms. The maximum Gasteiger partial charge on any atom is 0.119 e. The second kappa shape index (κ2) is 7.71. The molecule has 0 fully saturated rings. The average Bonchev–Trinajstić information content (AvgIpc) is 2.26. The molecular weight excluding hydrogens is 254 g/mol. The van der Waals surface area contributed by atoms with Gasteiger partial charge in [-0.15, -0.1) is 0 Å². The highest BCUT2D eigenvalue weighted by Gasteiger charge is 1.97. The lowest BCUT2D eigenvalue weighted by Gasteiger charge is -2.14. The van der Waals surface area contributed by atoms with Gasteiger partial charge in [0.05, 0.1) is 6.61 Å². The summed E-state index contributed by atoms with van der Waals surface area (Å²) in [7, 11) is 2.13. The summed E-state index contributed by atoms with van der Waals surface area (Å²) < 4.78 is 5.60. The zero-order valence-electron chi connectivity index (χ0n) is 9.16. The molecule has 0 aliphatic rings. The van der Waals surface area contributed by atoms with Gasteiger partial charge in [0, 0.05) is 18.4 Å². The number of ether oxygens (including phenoxy) is 1. The first-order valence-electron chi connectivity index (χ1n) is 5.25. The van der Waals surface area contributed by atoms with Crippen LogP contribution in [0.3, 0.4) is 0 Å². The van der Waals surface area contributed by atoms with E-state index >= 15 is 0 Å². The average molecular weight is 272 g/mol. The molecule has 1 aromatic rings. The van der Waals surface area contributed by atoms with Crippen molar-refractivity contribution >= 4 is 15.9 Å². The first kappa shape index (κ1) is 12.5. The lowest BCUT2D eigenvalue weighted by atomic mass is 10.3. The van der Waals surface area contributed by atoms with Gasteiger partial charge in [-0.1, -0.05) is 34.1 Å². The van der Waals surface area contributed by atoms with Gasteiger partial charge in [0.25, 0.3) is 0 Å². The van der Waals surface area contributed by atoms with Gasteiger partial charge in [0.1, 0.15) is 5.75 Å². The Hall–Kier alpha value is -0.540. The molecular formula is C12H18BrNO. The molecule has 0 atom stereocenters. The molecule has 84 valence electrons. The van der Waals surface area contributed by atoms with Gasteiger partial charge in [-0.25, -0.2) is 0 Å². The number of benzene rings is 1. The van der Waals surface area contributed by atoms with Crippen molar-refractivity contribution in [2.24, 2.45) is 0 Å². The molecule has 1 rings (SSSR count). The van der Waals surface area contributed by atoms with Crippen molar-refractivity contribution in [3.63, 3.8) is 0 Å². The van der Waals surface area contributed by atoms with E-state index in [0.29, 0.717) is 0 Å². The summed E-state index contributed by atoms with van der Waals surface area (Å²) in [4.78, 5) is 2.29. The van der Waals surface area contributed by atoms with E-state index in [9.17, 15) is 0 Å². The van der Waals surface area contributed by atoms with Gasteiger partial charge < -0.3 is 9.64 Å². The predicted molar refractivity (Wildman–Crippen MR) is 67.8 cm³/mol. The minimum absolute atomic E-state index is 0.788. The summed E-state index contributed by atoms with van der Waals surface area (Å²) in [6.07, 6.45) is 1.07. The van der Waals surface area contributed by atoms with Crippen molar-refractivity contribution in [1.29, 1.82) is 0 Å². The largest absolute Gasteiger partial charge is 0.494 e. The molecule has 0 saturated heterocycles. The highest BCUT2D eigenvalue weighted by molar-refractivity contribution is 9.09. The van der Waals surface area contributed by atoms with E-state index in [-0.39, 0.29) is 0 Å². The summed E-state index contributed by atoms with van der Waals surface area (Å²) in [5, 5.41) is 1.03. The Morgan fingerprint density at radius 3 is 2.60 bits per heavy atom. The van der Waals surface area contributed by atoms with Gasteiger partial charge in [0.2, 0.25) is 0 Å². The van der Waals surface area contributed by atoms with Crippen LogP contribution in [0.1, 0.15) is 6.42 Å². The smallest absolute Gasteiger partial charge is 0.119 e. The SMILES string of the molecule is CN(CCBr)CCCOc1ccccc1. The molecule has 0 amide bonds. The maximum atomic E-state index is 5.60. The lowest BCUT2D eigenvalue weighted by molar-refractivity contribution is 0.269. The molecule has 0 aliphatic carbocycles. The Bertz CT molecular complexity index is 253. The van der Waals surface area contributed by atoms with E-state index < -0.39 is 0 Å². The Kier molecular flexibility index (Phi) is 6.44. The predicted octanol–water partition coefficient (Wildman–Crippen LogP) is 2.78. The highest BCUT2D eigenvalue weighted by Crippen LogP contribution is 2.08. The zero-order valence-corrected chi connectivity index (χ0v) is 10.7. The molecule has 0 unspecified atom stereocenters. The Labute approximate surface area is 100 Å². The highest BCUT2D eigenvalue weighted by atomic mass is 79.9. The van der Waals surface area contributed by atoms with E-state index in [4.69, 9.17) is 4.74 Å². The first-order valence-corrected chi connectivity index (χ1v) is 6.37. The van der Waals surface area contributed by atoms with Crippen LogP contribution in [0, 0.1) is 0 Å². The van der Waals surface area contributed by atoms with Crippen LogP contribution in [-0.4, -0.2) is 37.0 Å². The topological polar surface area (TPSA) is 12.5 Å². The number of para-hydroxylation sites is 1. The molecule has 0 aromatic heterocycles. The lowest BCUT2D eigenvalue weighted by Crippen LogP contribution is -2.23. The summed E-state index contributed by atoms with van der Waals surface area (Å²) in [6.45, 7) is 2.96. The van der Waals surface area contributed by atoms with Crippen LogP contribution in [0.25, 0.3) is 0 Å². The van der Waals surface area contributed by atoms with Gasteiger partial charge in [-0.05, 0) is 25.6 Å². The summed E-state index contributed by atoms with van der Waals surface area (Å²) in [5.41, 5.74) is 0. The molecule has 3 heteroatoms. The molecule has 0 heterocycles. The number of halogens is 1. The van der Waals surface area contributed by atoms with Crippen molar-refractivity contribution in [3.05, 3.63) is 30.3 Å². The van der Waals surface area contributed by atoms with Crippen molar-refractivity contribution in [1.82, 2.24) is 4.90 Å². The fourth-order valence-electron chi connectivity index (χ4n) is 1.30. The third-order valence-electron chi connectivity index (χ3n) is 2.16. The number of alkyl halides is 1. The van der Waals surface area contributed by atoms with Crippen LogP contribution in [0.15, 0.2) is 30.3 Å². The van der Waals surface area contributed by atoms with Crippen LogP contribution in [0.2, 0.25) is 0 Å². The van der Waals surface area contributed by atoms with Gasteiger partial charge in [-0.3, -0.25) is 0 Å². The van der Waals surface area contributed by atoms with Gasteiger partial charge in [0.15, 0.2) is 0 Å². The van der Waals surface area contributed by atoms with Crippen LogP contribution in [0.5, 0.6) is 5.75 Å². The molecule has 15 heavy (non-hydrogen) atoms. The fourth-order valence-corrected chi connectivity index (χ4v) is 1.90. The van der Waals surface area contributed by atoms with E-state index in [1.165, 1.54) is 0 Å². The van der Waals surface area contributed by atoms with Crippen molar-refractivity contribution in [2.45, 2.75) is 6.42 Å². The summed E-state index contributed by atoms with van der Waals surface area (Å²) in [5.74, 6) is 0.959. The zero-order chi connectivity index (χ0) is 10.9. The van der Waals surface area contributed by atoms with Crippen LogP contribution < -0.4 is 4.74 Å². The van der Waals surface area contributed by atoms with E-state index in [2.05, 4.69) is 27.9 Å². The second-order valence-corrected chi connectivity index (χ2v) is 4.30. The molecule has 0 saturated carbocycles. The minimum Gasteiger partial charge on any atom is -0.494 e. The van der Waals surface area contributed by atoms with E-state index in [0.717, 1.165) is 37.2 Å². The van der Waals surface area contributed by atoms with Crippen molar-refractivity contribution in [3.8, 4) is 5.75 Å². The summed E-state index contributed by atoms with van der Waals surface area (Å²) >= 11 is 3.42. The Balaban J connectivity index is 2.07. The third-order valence-corrected chi connectivity index (χ3v) is 2.52. The molecule has 0 N–H and O–H groups in total. The van der Waals surface area contributed by atoms with E-state index in [1.807, 2.05) is 30.3 Å². The third kappa shape index (κ3) is 5.80. The minimum atomic E-state index is 0.788. The molecule has 0 radical (unpaired) electrons. The summed E-state index contributed by atoms with van der Waals surface area (Å²) in [6, 6.07) is 9.96. The molecule has 0 bridgehead atoms. The van der Waals surface area contributed by atoms with Crippen molar-refractivity contribution in [2.75, 3.05) is 32.1 Å². The van der Waals surface area contributed by atoms with Crippen LogP contribution in [-0.2, 0) is 0 Å². The Morgan fingerprint density at radius 1 is 1.20 bits per heavy atom. The first-order chi connectivity index (χ1) is 7.33. The van der Waals surface area contributed by atoms with Gasteiger partial charge in [-0.2, -0.15) is 0 Å². The number of rotatable bonds is 7. The van der Waals surface area contributed by atoms with Crippen molar-refractivity contribution < 1.29 is 4.74 Å². The number of hydrogen-bond acceptors (Lipinski definition) is 2. The quantitative estimate of drug-likeness (QED) is 0.559. The fraction of sp³-hybridized carbons (Fsp3) is 0.500. The normalized spacial score (nSPS) is 10.6. The van der Waals surface area contributed by atoms with E-state index in [1.54, 1.807) is 0 Å². The number of nitrogens with zero attached hydrogens (tertiary/aromatic N) is 1. The molecule has 2 nitrogen and oxygen atoms in total. The van der Waals surface area contributed by atoms with Crippen LogP contribution in [0.4, 0.5) is 0 Å². The molecule has 1 aromatic carbocycles. The monoisotopic (exact) mass is 271 g/mol. The molecule has 0 aliphatic heterocycles.